The monoisotopic (exact) mass is 350 g/mol. The number of nitrogens with one attached hydrogen (secondary N) is 2. The summed E-state index contributed by atoms with van der Waals surface area (Å²) >= 11 is 11.9. The summed E-state index contributed by atoms with van der Waals surface area (Å²) in [6.07, 6.45) is 2.16. The first-order valence-corrected chi connectivity index (χ1v) is 7.79. The van der Waals surface area contributed by atoms with Crippen molar-refractivity contribution in [1.82, 2.24) is 10.3 Å². The number of amides is 1. The zero-order valence-electron chi connectivity index (χ0n) is 12.0. The molecule has 0 radical (unpaired) electrons. The fourth-order valence-electron chi connectivity index (χ4n) is 2.41. The highest BCUT2D eigenvalue weighted by molar-refractivity contribution is 6.35. The van der Waals surface area contributed by atoms with Crippen LogP contribution in [-0.4, -0.2) is 17.4 Å². The van der Waals surface area contributed by atoms with Crippen molar-refractivity contribution in [3.63, 3.8) is 0 Å². The van der Waals surface area contributed by atoms with E-state index in [1.54, 1.807) is 24.4 Å². The van der Waals surface area contributed by atoms with Gasteiger partial charge in [-0.2, -0.15) is 0 Å². The van der Waals surface area contributed by atoms with Crippen molar-refractivity contribution in [2.75, 3.05) is 6.54 Å². The number of halogens is 3. The smallest absolute Gasteiger partial charge is 0.253 e. The van der Waals surface area contributed by atoms with Gasteiger partial charge in [-0.1, -0.05) is 29.3 Å². The van der Waals surface area contributed by atoms with Crippen LogP contribution < -0.4 is 5.32 Å². The fraction of sp³-hybridized carbons (Fsp3) is 0.118. The standard InChI is InChI=1S/C17H13Cl2FN2O/c18-11-2-1-10(15(19)7-11)5-6-21-17(23)14-9-22-16-4-3-12(20)8-13(14)16/h1-4,7-9,22H,5-6H2,(H,21,23). The van der Waals surface area contributed by atoms with Gasteiger partial charge in [0, 0.05) is 33.7 Å². The highest BCUT2D eigenvalue weighted by Crippen LogP contribution is 2.22. The largest absolute Gasteiger partial charge is 0.360 e. The summed E-state index contributed by atoms with van der Waals surface area (Å²) in [7, 11) is 0. The van der Waals surface area contributed by atoms with Crippen molar-refractivity contribution in [2.24, 2.45) is 0 Å². The molecule has 3 nitrogen and oxygen atoms in total. The zero-order valence-corrected chi connectivity index (χ0v) is 13.5. The molecule has 2 aromatic carbocycles. The van der Waals surface area contributed by atoms with Gasteiger partial charge in [0.2, 0.25) is 0 Å². The van der Waals surface area contributed by atoms with E-state index >= 15 is 0 Å². The van der Waals surface area contributed by atoms with Crippen LogP contribution in [0.1, 0.15) is 15.9 Å². The quantitative estimate of drug-likeness (QED) is 0.710. The van der Waals surface area contributed by atoms with E-state index in [0.29, 0.717) is 34.0 Å². The van der Waals surface area contributed by atoms with E-state index in [1.807, 2.05) is 6.07 Å². The lowest BCUT2D eigenvalue weighted by Crippen LogP contribution is -2.25. The molecule has 0 aliphatic heterocycles. The summed E-state index contributed by atoms with van der Waals surface area (Å²) in [5.74, 6) is -0.633. The third kappa shape index (κ3) is 3.49. The predicted octanol–water partition coefficient (Wildman–Crippen LogP) is 4.59. The van der Waals surface area contributed by atoms with Gasteiger partial charge in [0.1, 0.15) is 5.82 Å². The fourth-order valence-corrected chi connectivity index (χ4v) is 2.91. The molecule has 0 spiro atoms. The molecule has 0 saturated carbocycles. The van der Waals surface area contributed by atoms with E-state index in [9.17, 15) is 9.18 Å². The lowest BCUT2D eigenvalue weighted by atomic mass is 10.1. The minimum absolute atomic E-state index is 0.257. The third-order valence-corrected chi connectivity index (χ3v) is 4.17. The van der Waals surface area contributed by atoms with Gasteiger partial charge in [-0.3, -0.25) is 4.79 Å². The predicted molar refractivity (Wildman–Crippen MR) is 90.8 cm³/mol. The van der Waals surface area contributed by atoms with Crippen LogP contribution in [0.15, 0.2) is 42.6 Å². The molecule has 0 atom stereocenters. The summed E-state index contributed by atoms with van der Waals surface area (Å²) in [5.41, 5.74) is 2.04. The Hall–Kier alpha value is -2.04. The molecule has 23 heavy (non-hydrogen) atoms. The molecular weight excluding hydrogens is 338 g/mol. The number of carbonyl (C=O) groups is 1. The molecule has 0 aliphatic carbocycles. The lowest BCUT2D eigenvalue weighted by molar-refractivity contribution is 0.0956. The number of benzene rings is 2. The maximum Gasteiger partial charge on any atom is 0.253 e. The van der Waals surface area contributed by atoms with E-state index < -0.39 is 0 Å². The molecule has 0 aliphatic rings. The second-order valence-electron chi connectivity index (χ2n) is 5.13. The molecule has 1 amide bonds. The normalized spacial score (nSPS) is 10.9. The number of carbonyl (C=O) groups excluding carboxylic acids is 1. The van der Waals surface area contributed by atoms with Crippen LogP contribution in [0.2, 0.25) is 10.0 Å². The van der Waals surface area contributed by atoms with Crippen LogP contribution in [0.4, 0.5) is 4.39 Å². The Balaban J connectivity index is 1.68. The van der Waals surface area contributed by atoms with Gasteiger partial charge in [-0.25, -0.2) is 4.39 Å². The summed E-state index contributed by atoms with van der Waals surface area (Å²) in [5, 5.41) is 4.52. The average Bonchev–Trinajstić information content (AvgIpc) is 2.92. The van der Waals surface area contributed by atoms with Gasteiger partial charge in [0.05, 0.1) is 5.56 Å². The molecule has 3 rings (SSSR count). The maximum absolute atomic E-state index is 13.3. The molecule has 3 aromatic rings. The first-order valence-electron chi connectivity index (χ1n) is 7.03. The molecule has 118 valence electrons. The van der Waals surface area contributed by atoms with Crippen molar-refractivity contribution in [3.8, 4) is 0 Å². The Kier molecular flexibility index (Phi) is 4.55. The van der Waals surface area contributed by atoms with E-state index in [4.69, 9.17) is 23.2 Å². The summed E-state index contributed by atoms with van der Waals surface area (Å²) < 4.78 is 13.3. The highest BCUT2D eigenvalue weighted by atomic mass is 35.5. The Morgan fingerprint density at radius 2 is 2.00 bits per heavy atom. The third-order valence-electron chi connectivity index (χ3n) is 3.58. The Bertz CT molecular complexity index is 876. The molecule has 2 N–H and O–H groups in total. The number of rotatable bonds is 4. The SMILES string of the molecule is O=C(NCCc1ccc(Cl)cc1Cl)c1c[nH]c2ccc(F)cc12. The van der Waals surface area contributed by atoms with Crippen LogP contribution in [0.5, 0.6) is 0 Å². The number of aromatic nitrogens is 1. The minimum Gasteiger partial charge on any atom is -0.360 e. The number of H-pyrrole nitrogens is 1. The van der Waals surface area contributed by atoms with Crippen LogP contribution in [0, 0.1) is 5.82 Å². The molecule has 0 bridgehead atoms. The Labute approximate surface area is 142 Å². The summed E-state index contributed by atoms with van der Waals surface area (Å²) in [4.78, 5) is 15.2. The molecule has 1 aromatic heterocycles. The van der Waals surface area contributed by atoms with Gasteiger partial charge < -0.3 is 10.3 Å². The van der Waals surface area contributed by atoms with Crippen molar-refractivity contribution in [2.45, 2.75) is 6.42 Å². The van der Waals surface area contributed by atoms with Gasteiger partial charge in [-0.15, -0.1) is 0 Å². The van der Waals surface area contributed by atoms with Crippen LogP contribution in [0.25, 0.3) is 10.9 Å². The molecule has 0 saturated heterocycles. The Morgan fingerprint density at radius 3 is 2.78 bits per heavy atom. The van der Waals surface area contributed by atoms with Crippen molar-refractivity contribution in [3.05, 3.63) is 69.6 Å². The van der Waals surface area contributed by atoms with Crippen molar-refractivity contribution < 1.29 is 9.18 Å². The van der Waals surface area contributed by atoms with Gasteiger partial charge in [-0.05, 0) is 42.3 Å². The minimum atomic E-state index is -0.376. The molecule has 1 heterocycles. The van der Waals surface area contributed by atoms with Gasteiger partial charge in [0.25, 0.3) is 5.91 Å². The number of fused-ring (bicyclic) bond motifs is 1. The summed E-state index contributed by atoms with van der Waals surface area (Å²) in [6, 6.07) is 9.56. The average molecular weight is 351 g/mol. The van der Waals surface area contributed by atoms with Crippen LogP contribution in [-0.2, 0) is 6.42 Å². The number of hydrogen-bond acceptors (Lipinski definition) is 1. The molecule has 0 fully saturated rings. The zero-order chi connectivity index (χ0) is 16.4. The second-order valence-corrected chi connectivity index (χ2v) is 5.98. The first kappa shape index (κ1) is 15.8. The van der Waals surface area contributed by atoms with Gasteiger partial charge >= 0.3 is 0 Å². The lowest BCUT2D eigenvalue weighted by Gasteiger charge is -2.07. The Morgan fingerprint density at radius 1 is 1.17 bits per heavy atom. The van der Waals surface area contributed by atoms with E-state index in [1.165, 1.54) is 12.1 Å². The number of aromatic amines is 1. The van der Waals surface area contributed by atoms with E-state index in [2.05, 4.69) is 10.3 Å². The summed E-state index contributed by atoms with van der Waals surface area (Å²) in [6.45, 7) is 0.419. The first-order chi connectivity index (χ1) is 11.0. The highest BCUT2D eigenvalue weighted by Gasteiger charge is 2.12. The second kappa shape index (κ2) is 6.60. The van der Waals surface area contributed by atoms with E-state index in [-0.39, 0.29) is 11.7 Å². The van der Waals surface area contributed by atoms with Gasteiger partial charge in [0.15, 0.2) is 0 Å². The maximum atomic E-state index is 13.3. The van der Waals surface area contributed by atoms with Crippen molar-refractivity contribution >= 4 is 40.0 Å². The van der Waals surface area contributed by atoms with Crippen molar-refractivity contribution in [1.29, 1.82) is 0 Å². The number of hydrogen-bond donors (Lipinski definition) is 2. The van der Waals surface area contributed by atoms with Crippen LogP contribution in [0.3, 0.4) is 0 Å². The molecule has 6 heteroatoms. The topological polar surface area (TPSA) is 44.9 Å². The van der Waals surface area contributed by atoms with Crippen LogP contribution >= 0.6 is 23.2 Å². The van der Waals surface area contributed by atoms with E-state index in [0.717, 1.165) is 11.1 Å². The molecule has 0 unspecified atom stereocenters. The molecular formula is C17H13Cl2FN2O.